The summed E-state index contributed by atoms with van der Waals surface area (Å²) in [6.07, 6.45) is 1.71. The van der Waals surface area contributed by atoms with Crippen LogP contribution in [-0.2, 0) is 13.1 Å². The fourth-order valence-electron chi connectivity index (χ4n) is 2.46. The van der Waals surface area contributed by atoms with Gasteiger partial charge in [0.2, 0.25) is 5.88 Å². The fraction of sp³-hybridized carbons (Fsp3) is 0.286. The highest BCUT2D eigenvalue weighted by atomic mass is 19.1. The second-order valence-corrected chi connectivity index (χ2v) is 6.71. The molecule has 3 rings (SSSR count). The predicted octanol–water partition coefficient (Wildman–Crippen LogP) is 3.99. The Balaban J connectivity index is 1.48. The molecule has 0 aliphatic rings. The summed E-state index contributed by atoms with van der Waals surface area (Å²) in [5.74, 6) is 2.38. The molecule has 2 heterocycles. The van der Waals surface area contributed by atoms with Crippen LogP contribution in [0.4, 0.5) is 4.39 Å². The number of nitrogens with zero attached hydrogens (tertiary/aromatic N) is 3. The normalized spacial score (nSPS) is 11.6. The number of aliphatic imine (C=N–C) groups is 1. The van der Waals surface area contributed by atoms with Crippen molar-refractivity contribution in [1.82, 2.24) is 20.8 Å². The third-order valence-electron chi connectivity index (χ3n) is 4.12. The maximum absolute atomic E-state index is 12.9. The minimum Gasteiger partial charge on any atom is -0.439 e. The Labute approximate surface area is 169 Å². The molecule has 0 radical (unpaired) electrons. The standard InChI is InChI=1S/C21H24FN5O2/c1-14(2)19-10-18(29-27-19)13-26-21(23-3)25-12-15-4-9-20(24-11-15)28-17-7-5-16(22)6-8-17/h4-11,14H,12-13H2,1-3H3,(H2,23,25,26). The van der Waals surface area contributed by atoms with Crippen molar-refractivity contribution in [3.8, 4) is 11.6 Å². The van der Waals surface area contributed by atoms with Crippen LogP contribution in [-0.4, -0.2) is 23.1 Å². The average Bonchev–Trinajstić information content (AvgIpc) is 3.20. The first-order chi connectivity index (χ1) is 14.0. The number of hydrogen-bond acceptors (Lipinski definition) is 5. The van der Waals surface area contributed by atoms with Gasteiger partial charge in [0.1, 0.15) is 11.6 Å². The molecule has 152 valence electrons. The quantitative estimate of drug-likeness (QED) is 0.463. The second-order valence-electron chi connectivity index (χ2n) is 6.71. The lowest BCUT2D eigenvalue weighted by atomic mass is 10.1. The molecule has 0 bridgehead atoms. The molecule has 0 unspecified atom stereocenters. The molecule has 0 saturated heterocycles. The maximum atomic E-state index is 12.9. The number of aromatic nitrogens is 2. The summed E-state index contributed by atoms with van der Waals surface area (Å²) >= 11 is 0. The van der Waals surface area contributed by atoms with E-state index in [0.29, 0.717) is 36.6 Å². The third kappa shape index (κ3) is 6.03. The third-order valence-corrected chi connectivity index (χ3v) is 4.12. The summed E-state index contributed by atoms with van der Waals surface area (Å²) in [7, 11) is 1.70. The average molecular weight is 397 g/mol. The molecule has 2 aromatic heterocycles. The van der Waals surface area contributed by atoms with Gasteiger partial charge in [0.05, 0.1) is 12.2 Å². The molecule has 0 aliphatic carbocycles. The van der Waals surface area contributed by atoms with Crippen molar-refractivity contribution >= 4 is 5.96 Å². The monoisotopic (exact) mass is 397 g/mol. The highest BCUT2D eigenvalue weighted by Gasteiger charge is 2.08. The van der Waals surface area contributed by atoms with E-state index in [1.807, 2.05) is 12.1 Å². The molecule has 0 amide bonds. The first kappa shape index (κ1) is 20.3. The van der Waals surface area contributed by atoms with Crippen LogP contribution in [0.1, 0.15) is 36.8 Å². The summed E-state index contributed by atoms with van der Waals surface area (Å²) in [5, 5.41) is 10.4. The Hall–Kier alpha value is -3.42. The Morgan fingerprint density at radius 1 is 1.14 bits per heavy atom. The molecule has 8 heteroatoms. The van der Waals surface area contributed by atoms with Gasteiger partial charge in [-0.2, -0.15) is 0 Å². The van der Waals surface area contributed by atoms with Gasteiger partial charge in [-0.1, -0.05) is 25.1 Å². The largest absolute Gasteiger partial charge is 0.439 e. The van der Waals surface area contributed by atoms with Crippen LogP contribution in [0.25, 0.3) is 0 Å². The van der Waals surface area contributed by atoms with Crippen LogP contribution in [0.5, 0.6) is 11.6 Å². The first-order valence-electron chi connectivity index (χ1n) is 9.32. The smallest absolute Gasteiger partial charge is 0.219 e. The maximum Gasteiger partial charge on any atom is 0.219 e. The second kappa shape index (κ2) is 9.68. The van der Waals surface area contributed by atoms with Gasteiger partial charge >= 0.3 is 0 Å². The van der Waals surface area contributed by atoms with E-state index < -0.39 is 0 Å². The van der Waals surface area contributed by atoms with Crippen molar-refractivity contribution in [3.05, 3.63) is 71.5 Å². The van der Waals surface area contributed by atoms with Crippen LogP contribution in [0.3, 0.4) is 0 Å². The number of benzene rings is 1. The van der Waals surface area contributed by atoms with E-state index in [4.69, 9.17) is 9.26 Å². The van der Waals surface area contributed by atoms with Crippen molar-refractivity contribution in [2.24, 2.45) is 4.99 Å². The first-order valence-corrected chi connectivity index (χ1v) is 9.32. The van der Waals surface area contributed by atoms with Crippen molar-refractivity contribution < 1.29 is 13.7 Å². The molecule has 3 aromatic rings. The summed E-state index contributed by atoms with van der Waals surface area (Å²) in [6.45, 7) is 5.17. The topological polar surface area (TPSA) is 84.6 Å². The van der Waals surface area contributed by atoms with Gasteiger partial charge in [0, 0.05) is 31.9 Å². The number of ether oxygens (including phenoxy) is 1. The van der Waals surface area contributed by atoms with E-state index >= 15 is 0 Å². The van der Waals surface area contributed by atoms with Crippen LogP contribution in [0.15, 0.2) is 58.2 Å². The van der Waals surface area contributed by atoms with E-state index in [9.17, 15) is 4.39 Å². The van der Waals surface area contributed by atoms with Crippen molar-refractivity contribution in [3.63, 3.8) is 0 Å². The van der Waals surface area contributed by atoms with Gasteiger partial charge in [0.15, 0.2) is 11.7 Å². The molecule has 0 fully saturated rings. The minimum absolute atomic E-state index is 0.308. The van der Waals surface area contributed by atoms with E-state index in [-0.39, 0.29) is 5.82 Å². The summed E-state index contributed by atoms with van der Waals surface area (Å²) in [5.41, 5.74) is 1.89. The highest BCUT2D eigenvalue weighted by Crippen LogP contribution is 2.19. The zero-order valence-electron chi connectivity index (χ0n) is 16.6. The van der Waals surface area contributed by atoms with E-state index in [1.54, 1.807) is 31.4 Å². The molecule has 0 saturated carbocycles. The van der Waals surface area contributed by atoms with Crippen LogP contribution >= 0.6 is 0 Å². The van der Waals surface area contributed by atoms with Gasteiger partial charge in [-0.25, -0.2) is 9.37 Å². The number of guanidine groups is 1. The Kier molecular flexibility index (Phi) is 6.78. The number of rotatable bonds is 7. The van der Waals surface area contributed by atoms with Gasteiger partial charge < -0.3 is 19.9 Å². The molecule has 2 N–H and O–H groups in total. The zero-order chi connectivity index (χ0) is 20.6. The summed E-state index contributed by atoms with van der Waals surface area (Å²) in [6, 6.07) is 11.4. The SMILES string of the molecule is CN=C(NCc1ccc(Oc2ccc(F)cc2)nc1)NCc1cc(C(C)C)no1. The lowest BCUT2D eigenvalue weighted by molar-refractivity contribution is 0.372. The van der Waals surface area contributed by atoms with Crippen molar-refractivity contribution in [2.75, 3.05) is 7.05 Å². The van der Waals surface area contributed by atoms with Crippen LogP contribution < -0.4 is 15.4 Å². The van der Waals surface area contributed by atoms with Crippen LogP contribution in [0.2, 0.25) is 0 Å². The molecule has 1 aromatic carbocycles. The molecule has 0 atom stereocenters. The van der Waals surface area contributed by atoms with E-state index in [0.717, 1.165) is 17.0 Å². The molecule has 0 aliphatic heterocycles. The molecular weight excluding hydrogens is 373 g/mol. The molecule has 7 nitrogen and oxygen atoms in total. The van der Waals surface area contributed by atoms with Gasteiger partial charge in [-0.15, -0.1) is 0 Å². The molecule has 0 spiro atoms. The summed E-state index contributed by atoms with van der Waals surface area (Å²) < 4.78 is 23.8. The Bertz CT molecular complexity index is 936. The highest BCUT2D eigenvalue weighted by molar-refractivity contribution is 5.79. The van der Waals surface area contributed by atoms with Crippen molar-refractivity contribution in [1.29, 1.82) is 0 Å². The number of nitrogens with one attached hydrogen (secondary N) is 2. The number of halogens is 1. The summed E-state index contributed by atoms with van der Waals surface area (Å²) in [4.78, 5) is 8.47. The molecular formula is C21H24FN5O2. The van der Waals surface area contributed by atoms with Gasteiger partial charge in [-0.3, -0.25) is 4.99 Å². The lowest BCUT2D eigenvalue weighted by Crippen LogP contribution is -2.36. The van der Waals surface area contributed by atoms with Crippen LogP contribution in [0, 0.1) is 5.82 Å². The minimum atomic E-state index is -0.308. The van der Waals surface area contributed by atoms with E-state index in [2.05, 4.69) is 39.6 Å². The van der Waals surface area contributed by atoms with Crippen molar-refractivity contribution in [2.45, 2.75) is 32.9 Å². The predicted molar refractivity (Wildman–Crippen MR) is 108 cm³/mol. The fourth-order valence-corrected chi connectivity index (χ4v) is 2.46. The van der Waals surface area contributed by atoms with Gasteiger partial charge in [-0.05, 0) is 35.7 Å². The van der Waals surface area contributed by atoms with Gasteiger partial charge in [0.25, 0.3) is 0 Å². The van der Waals surface area contributed by atoms with E-state index in [1.165, 1.54) is 12.1 Å². The molecule has 29 heavy (non-hydrogen) atoms. The Morgan fingerprint density at radius 2 is 1.90 bits per heavy atom. The zero-order valence-corrected chi connectivity index (χ0v) is 16.6. The number of hydrogen-bond donors (Lipinski definition) is 2. The Morgan fingerprint density at radius 3 is 2.52 bits per heavy atom. The number of pyridine rings is 1. The lowest BCUT2D eigenvalue weighted by Gasteiger charge is -2.11.